The third-order valence-electron chi connectivity index (χ3n) is 2.28. The molecule has 1 unspecified atom stereocenters. The Morgan fingerprint density at radius 1 is 1.69 bits per heavy atom. The Labute approximate surface area is 78.7 Å². The predicted molar refractivity (Wildman–Crippen MR) is 52.5 cm³/mol. The Balaban J connectivity index is 2.74. The van der Waals surface area contributed by atoms with Gasteiger partial charge in [0.1, 0.15) is 0 Å². The third kappa shape index (κ3) is 2.18. The molecular formula is C10H16N2O. The number of aliphatic hydroxyl groups is 1. The van der Waals surface area contributed by atoms with E-state index < -0.39 is 6.10 Å². The van der Waals surface area contributed by atoms with Crippen molar-refractivity contribution in [2.75, 3.05) is 0 Å². The molecule has 1 aromatic rings. The largest absolute Gasteiger partial charge is 0.387 e. The molecular weight excluding hydrogens is 164 g/mol. The standard InChI is InChI=1S/C10H16N2O/c1-7(2)10(13)5-12-6-11-8(3)9(12)4/h6,10,13H,1,5H2,2-4H3. The summed E-state index contributed by atoms with van der Waals surface area (Å²) in [6.07, 6.45) is 1.27. The van der Waals surface area contributed by atoms with E-state index in [1.165, 1.54) is 0 Å². The van der Waals surface area contributed by atoms with Crippen molar-refractivity contribution in [1.82, 2.24) is 9.55 Å². The number of imidazole rings is 1. The molecule has 0 radical (unpaired) electrons. The Morgan fingerprint density at radius 3 is 2.69 bits per heavy atom. The lowest BCUT2D eigenvalue weighted by Gasteiger charge is -2.12. The smallest absolute Gasteiger partial charge is 0.0952 e. The molecule has 1 heterocycles. The van der Waals surface area contributed by atoms with E-state index in [9.17, 15) is 5.11 Å². The molecule has 0 saturated heterocycles. The molecule has 3 heteroatoms. The van der Waals surface area contributed by atoms with Crippen molar-refractivity contribution in [2.24, 2.45) is 0 Å². The lowest BCUT2D eigenvalue weighted by atomic mass is 10.2. The van der Waals surface area contributed by atoms with Gasteiger partial charge in [0.25, 0.3) is 0 Å². The zero-order chi connectivity index (χ0) is 10.0. The summed E-state index contributed by atoms with van der Waals surface area (Å²) in [5.41, 5.74) is 2.89. The van der Waals surface area contributed by atoms with Crippen LogP contribution < -0.4 is 0 Å². The second kappa shape index (κ2) is 3.75. The van der Waals surface area contributed by atoms with Crippen LogP contribution in [0.15, 0.2) is 18.5 Å². The van der Waals surface area contributed by atoms with Gasteiger partial charge in [0.15, 0.2) is 0 Å². The van der Waals surface area contributed by atoms with Crippen LogP contribution in [0.2, 0.25) is 0 Å². The molecule has 0 saturated carbocycles. The summed E-state index contributed by atoms with van der Waals surface area (Å²) < 4.78 is 1.94. The highest BCUT2D eigenvalue weighted by Gasteiger charge is 2.08. The molecule has 0 aliphatic rings. The van der Waals surface area contributed by atoms with Gasteiger partial charge in [-0.1, -0.05) is 12.2 Å². The van der Waals surface area contributed by atoms with Gasteiger partial charge in [0.2, 0.25) is 0 Å². The average Bonchev–Trinajstić information content (AvgIpc) is 2.36. The monoisotopic (exact) mass is 180 g/mol. The summed E-state index contributed by atoms with van der Waals surface area (Å²) in [4.78, 5) is 4.15. The Bertz CT molecular complexity index is 315. The molecule has 1 atom stereocenters. The van der Waals surface area contributed by atoms with Crippen LogP contribution in [0.1, 0.15) is 18.3 Å². The minimum absolute atomic E-state index is 0.479. The summed E-state index contributed by atoms with van der Waals surface area (Å²) in [5.74, 6) is 0. The molecule has 0 aromatic carbocycles. The van der Waals surface area contributed by atoms with Crippen LogP contribution in [0.25, 0.3) is 0 Å². The van der Waals surface area contributed by atoms with Gasteiger partial charge in [-0.2, -0.15) is 0 Å². The highest BCUT2D eigenvalue weighted by molar-refractivity contribution is 5.09. The van der Waals surface area contributed by atoms with E-state index in [4.69, 9.17) is 0 Å². The van der Waals surface area contributed by atoms with E-state index in [2.05, 4.69) is 11.6 Å². The van der Waals surface area contributed by atoms with Crippen LogP contribution in [0.4, 0.5) is 0 Å². The molecule has 0 amide bonds. The van der Waals surface area contributed by atoms with Gasteiger partial charge in [-0.25, -0.2) is 4.98 Å². The SMILES string of the molecule is C=C(C)C(O)Cn1cnc(C)c1C. The Hall–Kier alpha value is -1.09. The summed E-state index contributed by atoms with van der Waals surface area (Å²) in [6, 6.07) is 0. The maximum Gasteiger partial charge on any atom is 0.0952 e. The molecule has 1 N–H and O–H groups in total. The van der Waals surface area contributed by atoms with E-state index in [0.717, 1.165) is 17.0 Å². The van der Waals surface area contributed by atoms with Crippen molar-refractivity contribution in [3.8, 4) is 0 Å². The number of hydrogen-bond donors (Lipinski definition) is 1. The molecule has 13 heavy (non-hydrogen) atoms. The molecule has 72 valence electrons. The fraction of sp³-hybridized carbons (Fsp3) is 0.500. The summed E-state index contributed by atoms with van der Waals surface area (Å²) in [7, 11) is 0. The number of aromatic nitrogens is 2. The maximum absolute atomic E-state index is 9.57. The van der Waals surface area contributed by atoms with Crippen LogP contribution in [-0.4, -0.2) is 20.8 Å². The first kappa shape index (κ1) is 9.99. The van der Waals surface area contributed by atoms with E-state index in [0.29, 0.717) is 6.54 Å². The normalized spacial score (nSPS) is 12.9. The van der Waals surface area contributed by atoms with E-state index in [1.54, 1.807) is 6.33 Å². The first-order valence-corrected chi connectivity index (χ1v) is 4.34. The van der Waals surface area contributed by atoms with Gasteiger partial charge in [-0.15, -0.1) is 0 Å². The summed E-state index contributed by atoms with van der Waals surface area (Å²) in [5, 5.41) is 9.57. The molecule has 0 aliphatic heterocycles. The van der Waals surface area contributed by atoms with E-state index >= 15 is 0 Å². The minimum Gasteiger partial charge on any atom is -0.387 e. The van der Waals surface area contributed by atoms with E-state index in [-0.39, 0.29) is 0 Å². The topological polar surface area (TPSA) is 38.0 Å². The predicted octanol–water partition coefficient (Wildman–Crippen LogP) is 1.44. The maximum atomic E-state index is 9.57. The molecule has 0 fully saturated rings. The first-order chi connectivity index (χ1) is 6.02. The van der Waals surface area contributed by atoms with Gasteiger partial charge in [0, 0.05) is 5.69 Å². The highest BCUT2D eigenvalue weighted by atomic mass is 16.3. The van der Waals surface area contributed by atoms with Crippen molar-refractivity contribution in [1.29, 1.82) is 0 Å². The van der Waals surface area contributed by atoms with Crippen LogP contribution in [0.5, 0.6) is 0 Å². The van der Waals surface area contributed by atoms with Gasteiger partial charge in [-0.05, 0) is 20.8 Å². The molecule has 1 rings (SSSR count). The van der Waals surface area contributed by atoms with Crippen molar-refractivity contribution < 1.29 is 5.11 Å². The number of aryl methyl sites for hydroxylation is 1. The summed E-state index contributed by atoms with van der Waals surface area (Å²) >= 11 is 0. The molecule has 1 aromatic heterocycles. The molecule has 0 bridgehead atoms. The highest BCUT2D eigenvalue weighted by Crippen LogP contribution is 2.07. The Kier molecular flexibility index (Phi) is 2.88. The van der Waals surface area contributed by atoms with Gasteiger partial charge >= 0.3 is 0 Å². The Morgan fingerprint density at radius 2 is 2.31 bits per heavy atom. The van der Waals surface area contributed by atoms with Crippen LogP contribution in [-0.2, 0) is 6.54 Å². The van der Waals surface area contributed by atoms with Gasteiger partial charge in [-0.3, -0.25) is 0 Å². The van der Waals surface area contributed by atoms with Crippen LogP contribution >= 0.6 is 0 Å². The fourth-order valence-electron chi connectivity index (χ4n) is 1.07. The second-order valence-corrected chi connectivity index (χ2v) is 3.43. The quantitative estimate of drug-likeness (QED) is 0.715. The van der Waals surface area contributed by atoms with Gasteiger partial charge in [0.05, 0.1) is 24.7 Å². The molecule has 0 spiro atoms. The van der Waals surface area contributed by atoms with Gasteiger partial charge < -0.3 is 9.67 Å². The first-order valence-electron chi connectivity index (χ1n) is 4.34. The zero-order valence-corrected chi connectivity index (χ0v) is 8.41. The molecule has 0 aliphatic carbocycles. The third-order valence-corrected chi connectivity index (χ3v) is 2.28. The minimum atomic E-state index is -0.479. The van der Waals surface area contributed by atoms with Crippen LogP contribution in [0, 0.1) is 13.8 Å². The van der Waals surface area contributed by atoms with Crippen molar-refractivity contribution in [2.45, 2.75) is 33.4 Å². The van der Waals surface area contributed by atoms with Crippen LogP contribution in [0.3, 0.4) is 0 Å². The number of rotatable bonds is 3. The number of hydrogen-bond acceptors (Lipinski definition) is 2. The fourth-order valence-corrected chi connectivity index (χ4v) is 1.07. The van der Waals surface area contributed by atoms with Crippen molar-refractivity contribution >= 4 is 0 Å². The number of aliphatic hydroxyl groups excluding tert-OH is 1. The zero-order valence-electron chi connectivity index (χ0n) is 8.41. The lowest BCUT2D eigenvalue weighted by Crippen LogP contribution is -2.16. The lowest BCUT2D eigenvalue weighted by molar-refractivity contribution is 0.189. The number of nitrogens with zero attached hydrogens (tertiary/aromatic N) is 2. The van der Waals surface area contributed by atoms with Crippen molar-refractivity contribution in [3.63, 3.8) is 0 Å². The second-order valence-electron chi connectivity index (χ2n) is 3.43. The van der Waals surface area contributed by atoms with E-state index in [1.807, 2.05) is 25.3 Å². The average molecular weight is 180 g/mol. The molecule has 3 nitrogen and oxygen atoms in total. The van der Waals surface area contributed by atoms with Crippen molar-refractivity contribution in [3.05, 3.63) is 29.9 Å². The summed E-state index contributed by atoms with van der Waals surface area (Å²) in [6.45, 7) is 10.0.